The van der Waals surface area contributed by atoms with E-state index in [-0.39, 0.29) is 0 Å². The summed E-state index contributed by atoms with van der Waals surface area (Å²) in [6, 6.07) is 57.9. The lowest BCUT2D eigenvalue weighted by molar-refractivity contribution is 0.668. The molecule has 0 saturated heterocycles. The molecule has 0 unspecified atom stereocenters. The fourth-order valence-electron chi connectivity index (χ4n) is 7.25. The molecule has 220 valence electrons. The lowest BCUT2D eigenvalue weighted by Gasteiger charge is -2.26. The first-order valence-corrected chi connectivity index (χ1v) is 15.9. The molecule has 0 bridgehead atoms. The van der Waals surface area contributed by atoms with Crippen molar-refractivity contribution in [2.75, 3.05) is 4.90 Å². The van der Waals surface area contributed by atoms with Gasteiger partial charge in [-0.1, -0.05) is 97.1 Å². The van der Waals surface area contributed by atoms with Gasteiger partial charge in [0.25, 0.3) is 0 Å². The highest BCUT2D eigenvalue weighted by molar-refractivity contribution is 6.15. The lowest BCUT2D eigenvalue weighted by atomic mass is 9.98. The van der Waals surface area contributed by atoms with E-state index in [1.54, 1.807) is 0 Å². The highest BCUT2D eigenvalue weighted by atomic mass is 16.3. The summed E-state index contributed by atoms with van der Waals surface area (Å²) in [6.07, 6.45) is 0. The monoisotopic (exact) mass is 601 g/mol. The summed E-state index contributed by atoms with van der Waals surface area (Å²) in [6.45, 7) is 0. The van der Waals surface area contributed by atoms with Gasteiger partial charge in [-0.15, -0.1) is 0 Å². The van der Waals surface area contributed by atoms with E-state index in [0.717, 1.165) is 72.1 Å². The number of anilines is 3. The van der Waals surface area contributed by atoms with Crippen molar-refractivity contribution in [1.82, 2.24) is 0 Å². The predicted octanol–water partition coefficient (Wildman–Crippen LogP) is 12.9. The number of hydrogen-bond acceptors (Lipinski definition) is 3. The van der Waals surface area contributed by atoms with Gasteiger partial charge in [-0.05, 0) is 99.4 Å². The van der Waals surface area contributed by atoms with Crippen LogP contribution in [0.3, 0.4) is 0 Å². The molecule has 0 aliphatic carbocycles. The molecular formula is C44H27NO2. The maximum Gasteiger partial charge on any atom is 0.136 e. The van der Waals surface area contributed by atoms with E-state index in [2.05, 4.69) is 157 Å². The first-order chi connectivity index (χ1) is 23.3. The Kier molecular flexibility index (Phi) is 5.57. The molecule has 47 heavy (non-hydrogen) atoms. The van der Waals surface area contributed by atoms with Crippen molar-refractivity contribution in [2.24, 2.45) is 0 Å². The van der Waals surface area contributed by atoms with Crippen molar-refractivity contribution < 1.29 is 8.83 Å². The molecule has 0 N–H and O–H groups in total. The van der Waals surface area contributed by atoms with E-state index in [9.17, 15) is 0 Å². The molecular weight excluding hydrogens is 574 g/mol. The van der Waals surface area contributed by atoms with E-state index in [4.69, 9.17) is 8.83 Å². The number of fused-ring (bicyclic) bond motifs is 9. The van der Waals surface area contributed by atoms with Crippen LogP contribution >= 0.6 is 0 Å². The van der Waals surface area contributed by atoms with Crippen LogP contribution in [0, 0.1) is 0 Å². The van der Waals surface area contributed by atoms with E-state index < -0.39 is 0 Å². The van der Waals surface area contributed by atoms with Crippen molar-refractivity contribution in [3.8, 4) is 11.1 Å². The van der Waals surface area contributed by atoms with Crippen LogP contribution in [0.2, 0.25) is 0 Å². The van der Waals surface area contributed by atoms with Crippen molar-refractivity contribution in [3.63, 3.8) is 0 Å². The topological polar surface area (TPSA) is 29.5 Å². The van der Waals surface area contributed by atoms with E-state index in [0.29, 0.717) is 0 Å². The highest BCUT2D eigenvalue weighted by Gasteiger charge is 2.18. The smallest absolute Gasteiger partial charge is 0.136 e. The summed E-state index contributed by atoms with van der Waals surface area (Å²) in [4.78, 5) is 2.33. The molecule has 2 heterocycles. The Morgan fingerprint density at radius 2 is 1.00 bits per heavy atom. The molecule has 0 radical (unpaired) electrons. The van der Waals surface area contributed by atoms with Gasteiger partial charge in [-0.2, -0.15) is 0 Å². The van der Waals surface area contributed by atoms with Gasteiger partial charge >= 0.3 is 0 Å². The Morgan fingerprint density at radius 3 is 1.94 bits per heavy atom. The van der Waals surface area contributed by atoms with Crippen LogP contribution < -0.4 is 4.90 Å². The largest absolute Gasteiger partial charge is 0.456 e. The first-order valence-electron chi connectivity index (χ1n) is 15.9. The minimum atomic E-state index is 0.860. The molecule has 0 aliphatic heterocycles. The Balaban J connectivity index is 1.17. The maximum absolute atomic E-state index is 6.45. The summed E-state index contributed by atoms with van der Waals surface area (Å²) in [5, 5.41) is 9.40. The third-order valence-corrected chi connectivity index (χ3v) is 9.43. The second kappa shape index (κ2) is 10.1. The first kappa shape index (κ1) is 26.0. The molecule has 10 aromatic rings. The number of nitrogens with zero attached hydrogens (tertiary/aromatic N) is 1. The molecule has 0 amide bonds. The molecule has 10 rings (SSSR count). The average Bonchev–Trinajstić information content (AvgIpc) is 3.70. The minimum absolute atomic E-state index is 0.860. The Morgan fingerprint density at radius 1 is 0.340 bits per heavy atom. The fraction of sp³-hybridized carbons (Fsp3) is 0. The summed E-state index contributed by atoms with van der Waals surface area (Å²) in [5.74, 6) is 0. The normalized spacial score (nSPS) is 11.8. The van der Waals surface area contributed by atoms with E-state index >= 15 is 0 Å². The minimum Gasteiger partial charge on any atom is -0.456 e. The Bertz CT molecular complexity index is 2810. The van der Waals surface area contributed by atoms with Crippen molar-refractivity contribution in [1.29, 1.82) is 0 Å². The molecule has 8 aromatic carbocycles. The SMILES string of the molecule is c1ccc(N(c2ccc3c(ccc4ccccc43)c2)c2ccc3oc4cccc(-c5ccc6c(c5)oc5ccccc56)c4c3c2)cc1. The van der Waals surface area contributed by atoms with E-state index in [1.165, 1.54) is 21.5 Å². The molecule has 0 atom stereocenters. The molecule has 0 spiro atoms. The number of hydrogen-bond donors (Lipinski definition) is 0. The Hall–Kier alpha value is -6.32. The van der Waals surface area contributed by atoms with Crippen molar-refractivity contribution >= 4 is 82.5 Å². The van der Waals surface area contributed by atoms with Crippen LogP contribution in [-0.4, -0.2) is 0 Å². The van der Waals surface area contributed by atoms with Crippen LogP contribution in [-0.2, 0) is 0 Å². The van der Waals surface area contributed by atoms with Crippen LogP contribution in [0.15, 0.2) is 173 Å². The Labute approximate surface area is 270 Å². The zero-order valence-electron chi connectivity index (χ0n) is 25.4. The van der Waals surface area contributed by atoms with Crippen LogP contribution in [0.5, 0.6) is 0 Å². The fourth-order valence-corrected chi connectivity index (χ4v) is 7.25. The highest BCUT2D eigenvalue weighted by Crippen LogP contribution is 2.43. The average molecular weight is 602 g/mol. The molecule has 3 nitrogen and oxygen atoms in total. The third-order valence-electron chi connectivity index (χ3n) is 9.43. The summed E-state index contributed by atoms with van der Waals surface area (Å²) in [5.41, 5.74) is 8.97. The number of rotatable bonds is 4. The van der Waals surface area contributed by atoms with Gasteiger partial charge in [0, 0.05) is 38.6 Å². The summed E-state index contributed by atoms with van der Waals surface area (Å²) in [7, 11) is 0. The molecule has 0 saturated carbocycles. The van der Waals surface area contributed by atoms with Crippen molar-refractivity contribution in [3.05, 3.63) is 164 Å². The summed E-state index contributed by atoms with van der Waals surface area (Å²) >= 11 is 0. The van der Waals surface area contributed by atoms with Crippen LogP contribution in [0.1, 0.15) is 0 Å². The number of para-hydroxylation sites is 2. The van der Waals surface area contributed by atoms with Crippen LogP contribution in [0.4, 0.5) is 17.1 Å². The van der Waals surface area contributed by atoms with Crippen molar-refractivity contribution in [2.45, 2.75) is 0 Å². The molecule has 3 heteroatoms. The van der Waals surface area contributed by atoms with E-state index in [1.807, 2.05) is 12.1 Å². The van der Waals surface area contributed by atoms with Gasteiger partial charge < -0.3 is 13.7 Å². The quantitative estimate of drug-likeness (QED) is 0.188. The second-order valence-electron chi connectivity index (χ2n) is 12.1. The maximum atomic E-state index is 6.45. The van der Waals surface area contributed by atoms with Gasteiger partial charge in [0.2, 0.25) is 0 Å². The zero-order valence-corrected chi connectivity index (χ0v) is 25.4. The van der Waals surface area contributed by atoms with Gasteiger partial charge in [0.15, 0.2) is 0 Å². The van der Waals surface area contributed by atoms with Gasteiger partial charge in [0.05, 0.1) is 0 Å². The molecule has 2 aromatic heterocycles. The number of benzene rings is 8. The van der Waals surface area contributed by atoms with Gasteiger partial charge in [-0.25, -0.2) is 0 Å². The third kappa shape index (κ3) is 4.07. The summed E-state index contributed by atoms with van der Waals surface area (Å²) < 4.78 is 12.7. The van der Waals surface area contributed by atoms with Gasteiger partial charge in [-0.3, -0.25) is 0 Å². The predicted molar refractivity (Wildman–Crippen MR) is 196 cm³/mol. The standard InChI is InChI=1S/C44H27NO2/c1-2-10-31(11-3-1)45(32-20-23-35-29(25-32)18-17-28-9-4-5-12-34(28)35)33-21-24-41-39(27-33)44-36(14-8-16-42(44)46-41)30-19-22-38-37-13-6-7-15-40(37)47-43(38)26-30/h1-27H. The zero-order chi connectivity index (χ0) is 30.9. The van der Waals surface area contributed by atoms with Crippen LogP contribution in [0.25, 0.3) is 76.5 Å². The molecule has 0 fully saturated rings. The number of furan rings is 2. The second-order valence-corrected chi connectivity index (χ2v) is 12.1. The lowest BCUT2D eigenvalue weighted by Crippen LogP contribution is -2.09. The molecule has 0 aliphatic rings. The van der Waals surface area contributed by atoms with Gasteiger partial charge in [0.1, 0.15) is 22.3 Å².